The molecular weight excluding hydrogens is 262 g/mol. The number of hydrogen-bond donors (Lipinski definition) is 1. The van der Waals surface area contributed by atoms with E-state index in [1.165, 1.54) is 18.4 Å². The van der Waals surface area contributed by atoms with Gasteiger partial charge in [0.05, 0.1) is 7.11 Å². The number of anilines is 1. The highest BCUT2D eigenvalue weighted by molar-refractivity contribution is 7.15. The monoisotopic (exact) mass is 285 g/mol. The fourth-order valence-corrected chi connectivity index (χ4v) is 2.78. The molecule has 0 fully saturated rings. The molecule has 19 heavy (non-hydrogen) atoms. The first-order chi connectivity index (χ1) is 8.75. The quantitative estimate of drug-likeness (QED) is 0.812. The Kier molecular flexibility index (Phi) is 5.31. The van der Waals surface area contributed by atoms with Crippen molar-refractivity contribution in [2.24, 2.45) is 5.41 Å². The fraction of sp³-hybridized carbons (Fsp3) is 0.692. The summed E-state index contributed by atoms with van der Waals surface area (Å²) in [6.45, 7) is 8.05. The summed E-state index contributed by atoms with van der Waals surface area (Å²) in [4.78, 5) is 18.8. The van der Waals surface area contributed by atoms with E-state index >= 15 is 0 Å². The van der Waals surface area contributed by atoms with Crippen molar-refractivity contribution in [2.75, 3.05) is 39.6 Å². The zero-order valence-corrected chi connectivity index (χ0v) is 13.3. The Labute approximate surface area is 119 Å². The first-order valence-electron chi connectivity index (χ1n) is 6.19. The molecule has 1 N–H and O–H groups in total. The van der Waals surface area contributed by atoms with Crippen LogP contribution in [0.15, 0.2) is 0 Å². The van der Waals surface area contributed by atoms with Gasteiger partial charge in [-0.25, -0.2) is 9.78 Å². The molecule has 0 atom stereocenters. The van der Waals surface area contributed by atoms with Gasteiger partial charge in [0, 0.05) is 18.0 Å². The predicted octanol–water partition coefficient (Wildman–Crippen LogP) is 2.24. The summed E-state index contributed by atoms with van der Waals surface area (Å²) in [5.41, 5.74) is 0.537. The molecule has 0 aliphatic heterocycles. The molecule has 0 aliphatic rings. The molecule has 0 aliphatic carbocycles. The molecule has 0 radical (unpaired) electrons. The molecule has 0 saturated heterocycles. The van der Waals surface area contributed by atoms with Crippen molar-refractivity contribution < 1.29 is 9.53 Å². The van der Waals surface area contributed by atoms with Crippen LogP contribution in [0.3, 0.4) is 0 Å². The Bertz CT molecular complexity index is 441. The second-order valence-electron chi connectivity index (χ2n) is 5.67. The van der Waals surface area contributed by atoms with Gasteiger partial charge in [-0.15, -0.1) is 11.3 Å². The number of hydrogen-bond acceptors (Lipinski definition) is 6. The Morgan fingerprint density at radius 2 is 2.11 bits per heavy atom. The third-order valence-electron chi connectivity index (χ3n) is 2.64. The van der Waals surface area contributed by atoms with E-state index < -0.39 is 0 Å². The van der Waals surface area contributed by atoms with Crippen molar-refractivity contribution in [3.05, 3.63) is 10.6 Å². The van der Waals surface area contributed by atoms with Crippen molar-refractivity contribution in [3.8, 4) is 0 Å². The molecule has 1 aromatic rings. The van der Waals surface area contributed by atoms with E-state index in [-0.39, 0.29) is 11.4 Å². The Balaban J connectivity index is 2.66. The van der Waals surface area contributed by atoms with Crippen LogP contribution < -0.4 is 5.32 Å². The number of rotatable bonds is 6. The van der Waals surface area contributed by atoms with Gasteiger partial charge in [0.25, 0.3) is 0 Å². The Morgan fingerprint density at radius 3 is 2.63 bits per heavy atom. The number of ether oxygens (including phenoxy) is 1. The molecular formula is C13H23N3O2S. The van der Waals surface area contributed by atoms with Gasteiger partial charge in [0.1, 0.15) is 0 Å². The minimum Gasteiger partial charge on any atom is -0.464 e. The molecule has 108 valence electrons. The first kappa shape index (κ1) is 15.9. The van der Waals surface area contributed by atoms with Gasteiger partial charge in [0.2, 0.25) is 0 Å². The third-order valence-corrected chi connectivity index (χ3v) is 3.57. The molecule has 0 bridgehead atoms. The van der Waals surface area contributed by atoms with Crippen molar-refractivity contribution in [2.45, 2.75) is 20.8 Å². The summed E-state index contributed by atoms with van der Waals surface area (Å²) in [7, 11) is 5.49. The van der Waals surface area contributed by atoms with Gasteiger partial charge >= 0.3 is 5.97 Å². The van der Waals surface area contributed by atoms with Crippen molar-refractivity contribution in [1.29, 1.82) is 0 Å². The molecule has 0 unspecified atom stereocenters. The van der Waals surface area contributed by atoms with Gasteiger partial charge in [-0.1, -0.05) is 13.8 Å². The van der Waals surface area contributed by atoms with Gasteiger partial charge < -0.3 is 15.0 Å². The summed E-state index contributed by atoms with van der Waals surface area (Å²) < 4.78 is 4.70. The zero-order chi connectivity index (χ0) is 14.6. The van der Waals surface area contributed by atoms with Crippen molar-refractivity contribution >= 4 is 22.4 Å². The van der Waals surface area contributed by atoms with Crippen LogP contribution in [0.2, 0.25) is 0 Å². The molecule has 1 aromatic heterocycles. The summed E-state index contributed by atoms with van der Waals surface area (Å²) in [6.07, 6.45) is 0. The number of carbonyl (C=O) groups is 1. The molecule has 1 heterocycles. The van der Waals surface area contributed by atoms with E-state index in [0.29, 0.717) is 5.69 Å². The van der Waals surface area contributed by atoms with E-state index in [4.69, 9.17) is 4.74 Å². The van der Waals surface area contributed by atoms with Crippen LogP contribution in [-0.2, 0) is 4.74 Å². The molecule has 1 rings (SSSR count). The maximum atomic E-state index is 11.5. The number of aromatic nitrogens is 1. The van der Waals surface area contributed by atoms with E-state index in [0.717, 1.165) is 23.1 Å². The molecule has 0 spiro atoms. The highest BCUT2D eigenvalue weighted by Crippen LogP contribution is 2.24. The highest BCUT2D eigenvalue weighted by Gasteiger charge is 2.21. The molecule has 0 saturated carbocycles. The van der Waals surface area contributed by atoms with Crippen LogP contribution >= 0.6 is 11.3 Å². The van der Waals surface area contributed by atoms with E-state index in [9.17, 15) is 4.79 Å². The Hall–Kier alpha value is -1.14. The first-order valence-corrected chi connectivity index (χ1v) is 7.01. The number of esters is 1. The van der Waals surface area contributed by atoms with Gasteiger partial charge in [-0.05, 0) is 26.4 Å². The lowest BCUT2D eigenvalue weighted by atomic mass is 9.93. The van der Waals surface area contributed by atoms with Crippen molar-refractivity contribution in [1.82, 2.24) is 9.88 Å². The molecule has 0 aromatic carbocycles. The topological polar surface area (TPSA) is 54.5 Å². The van der Waals surface area contributed by atoms with Crippen molar-refractivity contribution in [3.63, 3.8) is 0 Å². The number of methoxy groups -OCH3 is 1. The Morgan fingerprint density at radius 1 is 1.47 bits per heavy atom. The molecule has 0 amide bonds. The van der Waals surface area contributed by atoms with Crippen LogP contribution in [0.1, 0.15) is 29.2 Å². The van der Waals surface area contributed by atoms with Gasteiger partial charge in [0.15, 0.2) is 10.8 Å². The summed E-state index contributed by atoms with van der Waals surface area (Å²) >= 11 is 1.48. The minimum atomic E-state index is -0.380. The molecule has 6 heteroatoms. The lowest BCUT2D eigenvalue weighted by Gasteiger charge is -2.28. The van der Waals surface area contributed by atoms with E-state index in [1.54, 1.807) is 0 Å². The number of thiazole rings is 1. The van der Waals surface area contributed by atoms with Crippen LogP contribution in [0.25, 0.3) is 0 Å². The minimum absolute atomic E-state index is 0.133. The second kappa shape index (κ2) is 6.34. The summed E-state index contributed by atoms with van der Waals surface area (Å²) in [6, 6.07) is 0. The SMILES string of the molecule is COC(=O)c1nc(NCC(C)(C)CN(C)C)sc1C. The van der Waals surface area contributed by atoms with Gasteiger partial charge in [-0.2, -0.15) is 0 Å². The maximum absolute atomic E-state index is 11.5. The van der Waals surface area contributed by atoms with Crippen LogP contribution in [0, 0.1) is 12.3 Å². The largest absolute Gasteiger partial charge is 0.464 e. The maximum Gasteiger partial charge on any atom is 0.357 e. The summed E-state index contributed by atoms with van der Waals surface area (Å²) in [5, 5.41) is 4.07. The lowest BCUT2D eigenvalue weighted by Crippen LogP contribution is -2.34. The van der Waals surface area contributed by atoms with E-state index in [1.807, 2.05) is 6.92 Å². The van der Waals surface area contributed by atoms with Crippen LogP contribution in [0.5, 0.6) is 0 Å². The number of nitrogens with zero attached hydrogens (tertiary/aromatic N) is 2. The zero-order valence-electron chi connectivity index (χ0n) is 12.5. The summed E-state index contributed by atoms with van der Waals surface area (Å²) in [5.74, 6) is -0.380. The number of aryl methyl sites for hydroxylation is 1. The standard InChI is InChI=1S/C13H23N3O2S/c1-9-10(11(17)18-6)15-12(19-9)14-7-13(2,3)8-16(4)5/h7-8H2,1-6H3,(H,14,15). The predicted molar refractivity (Wildman–Crippen MR) is 79.0 cm³/mol. The van der Waals surface area contributed by atoms with E-state index in [2.05, 4.69) is 43.1 Å². The normalized spacial score (nSPS) is 11.7. The smallest absolute Gasteiger partial charge is 0.357 e. The third kappa shape index (κ3) is 4.80. The second-order valence-corrected chi connectivity index (χ2v) is 6.87. The highest BCUT2D eigenvalue weighted by atomic mass is 32.1. The van der Waals surface area contributed by atoms with Crippen LogP contribution in [-0.4, -0.2) is 50.1 Å². The average molecular weight is 285 g/mol. The van der Waals surface area contributed by atoms with Gasteiger partial charge in [-0.3, -0.25) is 0 Å². The lowest BCUT2D eigenvalue weighted by molar-refractivity contribution is 0.0594. The molecule has 5 nitrogen and oxygen atoms in total. The fourth-order valence-electron chi connectivity index (χ4n) is 1.98. The number of nitrogens with one attached hydrogen (secondary N) is 1. The van der Waals surface area contributed by atoms with Crippen LogP contribution in [0.4, 0.5) is 5.13 Å². The number of carbonyl (C=O) groups excluding carboxylic acids is 1. The average Bonchev–Trinajstić information content (AvgIpc) is 2.65.